The highest BCUT2D eigenvalue weighted by Gasteiger charge is 2.14. The van der Waals surface area contributed by atoms with E-state index in [2.05, 4.69) is 33.4 Å². The van der Waals surface area contributed by atoms with Gasteiger partial charge in [-0.15, -0.1) is 0 Å². The number of unbranched alkanes of at least 4 members (excludes halogenated alkanes) is 14. The van der Waals surface area contributed by atoms with Gasteiger partial charge in [0.25, 0.3) is 0 Å². The molecule has 0 heterocycles. The van der Waals surface area contributed by atoms with Crippen molar-refractivity contribution < 1.29 is 14.3 Å². The summed E-state index contributed by atoms with van der Waals surface area (Å²) in [5, 5.41) is 4.39. The van der Waals surface area contributed by atoms with Crippen LogP contribution < -0.4 is 10.2 Å². The fourth-order valence-electron chi connectivity index (χ4n) is 4.38. The summed E-state index contributed by atoms with van der Waals surface area (Å²) in [5.74, 6) is -0.358. The van der Waals surface area contributed by atoms with Gasteiger partial charge in [-0.25, -0.2) is 10.2 Å². The molecule has 0 spiro atoms. The van der Waals surface area contributed by atoms with E-state index in [1.165, 1.54) is 89.7 Å². The summed E-state index contributed by atoms with van der Waals surface area (Å²) in [7, 11) is 0. The van der Waals surface area contributed by atoms with Gasteiger partial charge in [-0.3, -0.25) is 4.79 Å². The number of nitrogens with one attached hydrogen (secondary N) is 1. The van der Waals surface area contributed by atoms with E-state index in [1.54, 1.807) is 42.5 Å². The fourth-order valence-corrected chi connectivity index (χ4v) is 4.97. The molecular formula is C32H44BrClN2O3. The molecule has 2 aromatic carbocycles. The average molecular weight is 620 g/mol. The number of esters is 1. The van der Waals surface area contributed by atoms with Gasteiger partial charge in [0.15, 0.2) is 0 Å². The van der Waals surface area contributed by atoms with Crippen LogP contribution in [0.2, 0.25) is 5.02 Å². The lowest BCUT2D eigenvalue weighted by Gasteiger charge is -2.09. The Morgan fingerprint density at radius 2 is 1.41 bits per heavy atom. The maximum Gasteiger partial charge on any atom is 0.345 e. The molecular weight excluding hydrogens is 576 g/mol. The Bertz CT molecular complexity index is 1030. The molecule has 7 heteroatoms. The summed E-state index contributed by atoms with van der Waals surface area (Å²) >= 11 is 9.52. The molecule has 0 saturated carbocycles. The lowest BCUT2D eigenvalue weighted by molar-refractivity contribution is -0.121. The van der Waals surface area contributed by atoms with Crippen LogP contribution in [0.25, 0.3) is 0 Å². The zero-order valence-corrected chi connectivity index (χ0v) is 25.7. The summed E-state index contributed by atoms with van der Waals surface area (Å²) < 4.78 is 6.33. The molecule has 5 nitrogen and oxygen atoms in total. The third-order valence-electron chi connectivity index (χ3n) is 6.67. The van der Waals surface area contributed by atoms with E-state index in [4.69, 9.17) is 16.3 Å². The Hall–Kier alpha value is -2.18. The van der Waals surface area contributed by atoms with E-state index in [-0.39, 0.29) is 11.5 Å². The van der Waals surface area contributed by atoms with Gasteiger partial charge in [0.05, 0.1) is 16.8 Å². The lowest BCUT2D eigenvalue weighted by Crippen LogP contribution is -2.17. The number of benzene rings is 2. The number of rotatable bonds is 20. The standard InChI is InChI=1S/C32H44BrClN2O3/c1-2-3-4-5-6-7-8-9-10-11-12-13-14-15-16-21-31(37)36-35-25-26-24-27(33)22-23-30(26)39-32(38)28-19-17-18-20-29(28)34/h17-20,22-25H,2-16,21H2,1H3,(H,36,37)/b35-25+. The normalized spacial score (nSPS) is 11.2. The number of hydrogen-bond acceptors (Lipinski definition) is 4. The second-order valence-corrected chi connectivity index (χ2v) is 11.4. The second-order valence-electron chi connectivity index (χ2n) is 10.0. The van der Waals surface area contributed by atoms with E-state index in [0.29, 0.717) is 22.8 Å². The first kappa shape index (κ1) is 33.0. The average Bonchev–Trinajstić information content (AvgIpc) is 2.92. The highest BCUT2D eigenvalue weighted by molar-refractivity contribution is 9.10. The van der Waals surface area contributed by atoms with Crippen LogP contribution in [-0.4, -0.2) is 18.1 Å². The second kappa shape index (κ2) is 20.7. The summed E-state index contributed by atoms with van der Waals surface area (Å²) in [6, 6.07) is 11.9. The number of halogens is 2. The Kier molecular flexibility index (Phi) is 17.5. The van der Waals surface area contributed by atoms with Crippen molar-refractivity contribution in [1.82, 2.24) is 5.43 Å². The van der Waals surface area contributed by atoms with Gasteiger partial charge in [0.1, 0.15) is 5.75 Å². The fraction of sp³-hybridized carbons (Fsp3) is 0.531. The first-order valence-corrected chi connectivity index (χ1v) is 15.8. The highest BCUT2D eigenvalue weighted by atomic mass is 79.9. The van der Waals surface area contributed by atoms with Gasteiger partial charge < -0.3 is 4.74 Å². The maximum absolute atomic E-state index is 12.5. The Morgan fingerprint density at radius 1 is 0.846 bits per heavy atom. The Balaban J connectivity index is 1.58. The number of ether oxygens (including phenoxy) is 1. The molecule has 2 aromatic rings. The molecule has 2 rings (SSSR count). The van der Waals surface area contributed by atoms with Crippen LogP contribution >= 0.6 is 27.5 Å². The van der Waals surface area contributed by atoms with Crippen LogP contribution in [0.3, 0.4) is 0 Å². The van der Waals surface area contributed by atoms with E-state index < -0.39 is 5.97 Å². The predicted octanol–water partition coefficient (Wildman–Crippen LogP) is 10.0. The molecule has 0 bridgehead atoms. The van der Waals surface area contributed by atoms with E-state index in [0.717, 1.165) is 17.3 Å². The summed E-state index contributed by atoms with van der Waals surface area (Å²) in [6.45, 7) is 2.27. The van der Waals surface area contributed by atoms with Crippen LogP contribution in [0.4, 0.5) is 0 Å². The number of carbonyl (C=O) groups is 2. The van der Waals surface area contributed by atoms with Gasteiger partial charge in [0, 0.05) is 16.5 Å². The SMILES string of the molecule is CCCCCCCCCCCCCCCCCC(=O)N/N=C/c1cc(Br)ccc1OC(=O)c1ccccc1Cl. The number of nitrogens with zero attached hydrogens (tertiary/aromatic N) is 1. The topological polar surface area (TPSA) is 67.8 Å². The van der Waals surface area contributed by atoms with Crippen LogP contribution in [0.5, 0.6) is 5.75 Å². The van der Waals surface area contributed by atoms with Crippen molar-refractivity contribution in [3.63, 3.8) is 0 Å². The number of hydrogen-bond donors (Lipinski definition) is 1. The largest absolute Gasteiger partial charge is 0.422 e. The van der Waals surface area contributed by atoms with Crippen molar-refractivity contribution >= 4 is 45.6 Å². The van der Waals surface area contributed by atoms with Crippen molar-refractivity contribution in [2.45, 2.75) is 110 Å². The van der Waals surface area contributed by atoms with Crippen LogP contribution in [0.1, 0.15) is 126 Å². The zero-order chi connectivity index (χ0) is 28.1. The maximum atomic E-state index is 12.5. The molecule has 0 saturated heterocycles. The van der Waals surface area contributed by atoms with Crippen LogP contribution in [0, 0.1) is 0 Å². The number of hydrazone groups is 1. The molecule has 39 heavy (non-hydrogen) atoms. The third-order valence-corrected chi connectivity index (χ3v) is 7.49. The van der Waals surface area contributed by atoms with E-state index in [9.17, 15) is 9.59 Å². The molecule has 0 aliphatic carbocycles. The quantitative estimate of drug-likeness (QED) is 0.0527. The first-order valence-electron chi connectivity index (χ1n) is 14.6. The minimum atomic E-state index is -0.560. The van der Waals surface area contributed by atoms with Crippen LogP contribution in [0.15, 0.2) is 52.0 Å². The van der Waals surface area contributed by atoms with Crippen molar-refractivity contribution in [2.75, 3.05) is 0 Å². The van der Waals surface area contributed by atoms with Crippen molar-refractivity contribution in [1.29, 1.82) is 0 Å². The minimum absolute atomic E-state index is 0.120. The summed E-state index contributed by atoms with van der Waals surface area (Å²) in [5.41, 5.74) is 3.41. The molecule has 0 unspecified atom stereocenters. The van der Waals surface area contributed by atoms with Crippen LogP contribution in [-0.2, 0) is 4.79 Å². The van der Waals surface area contributed by atoms with Crippen molar-refractivity contribution in [3.8, 4) is 5.75 Å². The van der Waals surface area contributed by atoms with E-state index >= 15 is 0 Å². The highest BCUT2D eigenvalue weighted by Crippen LogP contribution is 2.24. The predicted molar refractivity (Wildman–Crippen MR) is 166 cm³/mol. The molecule has 214 valence electrons. The van der Waals surface area contributed by atoms with Gasteiger partial charge in [-0.2, -0.15) is 5.10 Å². The van der Waals surface area contributed by atoms with Crippen molar-refractivity contribution in [3.05, 3.63) is 63.1 Å². The van der Waals surface area contributed by atoms with E-state index in [1.807, 2.05) is 0 Å². The van der Waals surface area contributed by atoms with Gasteiger partial charge in [-0.05, 0) is 36.8 Å². The third kappa shape index (κ3) is 14.7. The number of amides is 1. The molecule has 1 amide bonds. The molecule has 0 atom stereocenters. The minimum Gasteiger partial charge on any atom is -0.422 e. The van der Waals surface area contributed by atoms with Gasteiger partial charge in [0.2, 0.25) is 5.91 Å². The van der Waals surface area contributed by atoms with Gasteiger partial charge in [-0.1, -0.05) is 136 Å². The summed E-state index contributed by atoms with van der Waals surface area (Å²) in [4.78, 5) is 24.7. The molecule has 0 aromatic heterocycles. The smallest absolute Gasteiger partial charge is 0.345 e. The molecule has 0 radical (unpaired) electrons. The molecule has 0 fully saturated rings. The Labute approximate surface area is 248 Å². The molecule has 0 aliphatic rings. The number of carbonyl (C=O) groups excluding carboxylic acids is 2. The first-order chi connectivity index (χ1) is 19.0. The Morgan fingerprint density at radius 3 is 2.00 bits per heavy atom. The van der Waals surface area contributed by atoms with Crippen molar-refractivity contribution in [2.24, 2.45) is 5.10 Å². The molecule has 0 aliphatic heterocycles. The molecule has 1 N–H and O–H groups in total. The zero-order valence-electron chi connectivity index (χ0n) is 23.4. The monoisotopic (exact) mass is 618 g/mol. The summed E-state index contributed by atoms with van der Waals surface area (Å²) in [6.07, 6.45) is 21.3. The van der Waals surface area contributed by atoms with Gasteiger partial charge >= 0.3 is 5.97 Å². The lowest BCUT2D eigenvalue weighted by atomic mass is 10.0.